The number of phenols is 1. The summed E-state index contributed by atoms with van der Waals surface area (Å²) in [6.07, 6.45) is 3.16. The van der Waals surface area contributed by atoms with E-state index in [4.69, 9.17) is 0 Å². The molecule has 0 aliphatic carbocycles. The van der Waals surface area contributed by atoms with E-state index < -0.39 is 5.72 Å². The van der Waals surface area contributed by atoms with Crippen LogP contribution >= 0.6 is 0 Å². The monoisotopic (exact) mass is 221 g/mol. The van der Waals surface area contributed by atoms with Crippen LogP contribution in [0.25, 0.3) is 0 Å². The summed E-state index contributed by atoms with van der Waals surface area (Å²) < 4.78 is 0. The van der Waals surface area contributed by atoms with Crippen molar-refractivity contribution in [1.82, 2.24) is 5.32 Å². The molecule has 86 valence electrons. The third-order valence-electron chi connectivity index (χ3n) is 2.99. The number of aldehydes is 1. The van der Waals surface area contributed by atoms with E-state index >= 15 is 0 Å². The molecular formula is C12H15NO3. The molecule has 0 radical (unpaired) electrons. The average molecular weight is 221 g/mol. The molecule has 0 saturated carbocycles. The number of carbonyl (C=O) groups is 1. The number of rotatable bonds is 2. The molecule has 0 bridgehead atoms. The van der Waals surface area contributed by atoms with Crippen molar-refractivity contribution in [2.45, 2.75) is 25.0 Å². The predicted molar refractivity (Wildman–Crippen MR) is 59.2 cm³/mol. The van der Waals surface area contributed by atoms with E-state index in [2.05, 4.69) is 5.32 Å². The van der Waals surface area contributed by atoms with Crippen molar-refractivity contribution in [3.05, 3.63) is 29.3 Å². The Morgan fingerprint density at radius 2 is 2.19 bits per heavy atom. The van der Waals surface area contributed by atoms with Gasteiger partial charge in [0.1, 0.15) is 17.8 Å². The Hall–Kier alpha value is -1.39. The van der Waals surface area contributed by atoms with Crippen molar-refractivity contribution in [1.29, 1.82) is 0 Å². The molecule has 1 aliphatic heterocycles. The zero-order valence-electron chi connectivity index (χ0n) is 8.94. The van der Waals surface area contributed by atoms with Crippen LogP contribution in [0, 0.1) is 0 Å². The SMILES string of the molecule is O=Cc1ccc(O)c([C@]2(O)CCCCN2)c1. The van der Waals surface area contributed by atoms with Crippen LogP contribution in [0.3, 0.4) is 0 Å². The Morgan fingerprint density at radius 1 is 1.38 bits per heavy atom. The molecular weight excluding hydrogens is 206 g/mol. The van der Waals surface area contributed by atoms with Crippen molar-refractivity contribution in [2.24, 2.45) is 0 Å². The number of hydrogen-bond acceptors (Lipinski definition) is 4. The third kappa shape index (κ3) is 1.94. The molecule has 1 aliphatic rings. The Kier molecular flexibility index (Phi) is 2.94. The molecule has 0 aromatic heterocycles. The van der Waals surface area contributed by atoms with Gasteiger partial charge < -0.3 is 10.2 Å². The van der Waals surface area contributed by atoms with Crippen molar-refractivity contribution in [2.75, 3.05) is 6.54 Å². The Morgan fingerprint density at radius 3 is 2.81 bits per heavy atom. The van der Waals surface area contributed by atoms with Gasteiger partial charge in [-0.25, -0.2) is 0 Å². The highest BCUT2D eigenvalue weighted by Crippen LogP contribution is 2.33. The van der Waals surface area contributed by atoms with Crippen LogP contribution in [0.15, 0.2) is 18.2 Å². The van der Waals surface area contributed by atoms with Crippen LogP contribution in [0.5, 0.6) is 5.75 Å². The lowest BCUT2D eigenvalue weighted by atomic mass is 9.91. The number of nitrogens with one attached hydrogen (secondary N) is 1. The maximum atomic E-state index is 10.7. The first-order valence-corrected chi connectivity index (χ1v) is 5.42. The van der Waals surface area contributed by atoms with Gasteiger partial charge in [0.2, 0.25) is 0 Å². The van der Waals surface area contributed by atoms with E-state index in [9.17, 15) is 15.0 Å². The second kappa shape index (κ2) is 4.23. The van der Waals surface area contributed by atoms with Crippen molar-refractivity contribution in [3.63, 3.8) is 0 Å². The maximum absolute atomic E-state index is 10.7. The summed E-state index contributed by atoms with van der Waals surface area (Å²) in [5, 5.41) is 23.1. The minimum absolute atomic E-state index is 0.0162. The van der Waals surface area contributed by atoms with Crippen LogP contribution in [-0.4, -0.2) is 23.0 Å². The Balaban J connectivity index is 2.40. The summed E-state index contributed by atoms with van der Waals surface area (Å²) >= 11 is 0. The molecule has 0 unspecified atom stereocenters. The number of piperidine rings is 1. The summed E-state index contributed by atoms with van der Waals surface area (Å²) in [7, 11) is 0. The van der Waals surface area contributed by atoms with E-state index in [1.54, 1.807) is 0 Å². The van der Waals surface area contributed by atoms with Crippen LogP contribution in [0.4, 0.5) is 0 Å². The summed E-state index contributed by atoms with van der Waals surface area (Å²) in [5.41, 5.74) is -0.369. The van der Waals surface area contributed by atoms with Crippen LogP contribution in [-0.2, 0) is 5.72 Å². The molecule has 2 rings (SSSR count). The summed E-state index contributed by atoms with van der Waals surface area (Å²) in [6.45, 7) is 0.710. The van der Waals surface area contributed by atoms with Gasteiger partial charge in [-0.3, -0.25) is 10.1 Å². The van der Waals surface area contributed by atoms with E-state index in [1.807, 2.05) is 0 Å². The van der Waals surface area contributed by atoms with Gasteiger partial charge in [-0.1, -0.05) is 0 Å². The number of carbonyl (C=O) groups excluding carboxylic acids is 1. The van der Waals surface area contributed by atoms with Crippen molar-refractivity contribution in [3.8, 4) is 5.75 Å². The van der Waals surface area contributed by atoms with Crippen LogP contribution in [0.2, 0.25) is 0 Å². The molecule has 3 N–H and O–H groups in total. The number of aliphatic hydroxyl groups is 1. The fourth-order valence-corrected chi connectivity index (χ4v) is 2.08. The smallest absolute Gasteiger partial charge is 0.150 e. The molecule has 1 aromatic rings. The molecule has 4 heteroatoms. The fourth-order valence-electron chi connectivity index (χ4n) is 2.08. The normalized spacial score (nSPS) is 25.3. The first kappa shape index (κ1) is 11.1. The first-order chi connectivity index (χ1) is 7.65. The van der Waals surface area contributed by atoms with Gasteiger partial charge in [-0.2, -0.15) is 0 Å². The van der Waals surface area contributed by atoms with Crippen LogP contribution < -0.4 is 5.32 Å². The molecule has 1 atom stereocenters. The largest absolute Gasteiger partial charge is 0.508 e. The zero-order valence-corrected chi connectivity index (χ0v) is 8.94. The van der Waals surface area contributed by atoms with Crippen molar-refractivity contribution < 1.29 is 15.0 Å². The van der Waals surface area contributed by atoms with E-state index in [-0.39, 0.29) is 5.75 Å². The maximum Gasteiger partial charge on any atom is 0.150 e. The zero-order chi connectivity index (χ0) is 11.6. The number of benzene rings is 1. The van der Waals surface area contributed by atoms with E-state index in [0.29, 0.717) is 30.4 Å². The van der Waals surface area contributed by atoms with Gasteiger partial charge in [-0.15, -0.1) is 0 Å². The molecule has 0 spiro atoms. The second-order valence-corrected chi connectivity index (χ2v) is 4.14. The van der Waals surface area contributed by atoms with Gasteiger partial charge >= 0.3 is 0 Å². The van der Waals surface area contributed by atoms with Crippen LogP contribution in [0.1, 0.15) is 35.2 Å². The van der Waals surface area contributed by atoms with E-state index in [1.165, 1.54) is 18.2 Å². The number of aromatic hydroxyl groups is 1. The molecule has 16 heavy (non-hydrogen) atoms. The Bertz CT molecular complexity index is 397. The Labute approximate surface area is 93.9 Å². The number of phenolic OH excluding ortho intramolecular Hbond substituents is 1. The molecule has 4 nitrogen and oxygen atoms in total. The standard InChI is InChI=1S/C12H15NO3/c14-8-9-3-4-11(15)10(7-9)12(16)5-1-2-6-13-12/h3-4,7-8,13,15-16H,1-2,5-6H2/t12-/m1/s1. The quantitative estimate of drug-likeness (QED) is 0.655. The third-order valence-corrected chi connectivity index (χ3v) is 2.99. The average Bonchev–Trinajstić information content (AvgIpc) is 2.30. The lowest BCUT2D eigenvalue weighted by molar-refractivity contribution is -0.0258. The topological polar surface area (TPSA) is 69.6 Å². The molecule has 0 amide bonds. The fraction of sp³-hybridized carbons (Fsp3) is 0.417. The highest BCUT2D eigenvalue weighted by molar-refractivity contribution is 5.75. The van der Waals surface area contributed by atoms with Gasteiger partial charge in [0.05, 0.1) is 0 Å². The second-order valence-electron chi connectivity index (χ2n) is 4.14. The minimum Gasteiger partial charge on any atom is -0.508 e. The summed E-state index contributed by atoms with van der Waals surface area (Å²) in [6, 6.07) is 4.49. The van der Waals surface area contributed by atoms with Gasteiger partial charge in [-0.05, 0) is 44.0 Å². The first-order valence-electron chi connectivity index (χ1n) is 5.42. The minimum atomic E-state index is -1.21. The summed E-state index contributed by atoms with van der Waals surface area (Å²) in [4.78, 5) is 10.7. The molecule has 1 aromatic carbocycles. The van der Waals surface area contributed by atoms with E-state index in [0.717, 1.165) is 12.8 Å². The van der Waals surface area contributed by atoms with Crippen molar-refractivity contribution >= 4 is 6.29 Å². The molecule has 1 heterocycles. The number of hydrogen-bond donors (Lipinski definition) is 3. The van der Waals surface area contributed by atoms with Gasteiger partial charge in [0, 0.05) is 11.1 Å². The predicted octanol–water partition coefficient (Wildman–Crippen LogP) is 1.12. The molecule has 1 saturated heterocycles. The lowest BCUT2D eigenvalue weighted by Gasteiger charge is -2.34. The highest BCUT2D eigenvalue weighted by Gasteiger charge is 2.33. The van der Waals surface area contributed by atoms with Gasteiger partial charge in [0.15, 0.2) is 0 Å². The van der Waals surface area contributed by atoms with Gasteiger partial charge in [0.25, 0.3) is 0 Å². The highest BCUT2D eigenvalue weighted by atomic mass is 16.3. The lowest BCUT2D eigenvalue weighted by Crippen LogP contribution is -2.45. The molecule has 1 fully saturated rings. The summed E-state index contributed by atoms with van der Waals surface area (Å²) in [5.74, 6) is 0.0162.